The third kappa shape index (κ3) is 5.46. The minimum Gasteiger partial charge on any atom is -0.493 e. The Labute approximate surface area is 187 Å². The molecule has 0 saturated carbocycles. The van der Waals surface area contributed by atoms with Crippen LogP contribution in [0.4, 0.5) is 11.6 Å². The van der Waals surface area contributed by atoms with Gasteiger partial charge in [-0.05, 0) is 37.1 Å². The van der Waals surface area contributed by atoms with Crippen LogP contribution in [-0.2, 0) is 24.3 Å². The minimum absolute atomic E-state index is 0.172. The van der Waals surface area contributed by atoms with Crippen LogP contribution in [0.3, 0.4) is 0 Å². The highest BCUT2D eigenvalue weighted by molar-refractivity contribution is 5.76. The quantitative estimate of drug-likeness (QED) is 0.535. The SMILES string of the molecule is CCc1cccc(Nc2nc(C)cc(=O)n2CC(=O)NCc2cccc(OC)c2OC)c1. The van der Waals surface area contributed by atoms with Crippen LogP contribution in [0.2, 0.25) is 0 Å². The van der Waals surface area contributed by atoms with Gasteiger partial charge in [0.2, 0.25) is 11.9 Å². The molecule has 1 aromatic heterocycles. The topological polar surface area (TPSA) is 94.5 Å². The number of aromatic nitrogens is 2. The number of benzene rings is 2. The molecule has 0 fully saturated rings. The summed E-state index contributed by atoms with van der Waals surface area (Å²) >= 11 is 0. The van der Waals surface area contributed by atoms with E-state index in [-0.39, 0.29) is 24.6 Å². The molecule has 2 aromatic carbocycles. The number of hydrogen-bond acceptors (Lipinski definition) is 6. The average Bonchev–Trinajstić information content (AvgIpc) is 2.79. The third-order valence-corrected chi connectivity index (χ3v) is 4.99. The van der Waals surface area contributed by atoms with Gasteiger partial charge in [0.15, 0.2) is 11.5 Å². The van der Waals surface area contributed by atoms with E-state index in [0.717, 1.165) is 23.2 Å². The number of rotatable bonds is 9. The van der Waals surface area contributed by atoms with Crippen molar-refractivity contribution in [2.75, 3.05) is 19.5 Å². The first kappa shape index (κ1) is 22.9. The third-order valence-electron chi connectivity index (χ3n) is 4.99. The van der Waals surface area contributed by atoms with Crippen LogP contribution in [-0.4, -0.2) is 29.7 Å². The van der Waals surface area contributed by atoms with E-state index >= 15 is 0 Å². The lowest BCUT2D eigenvalue weighted by molar-refractivity contribution is -0.121. The van der Waals surface area contributed by atoms with Crippen molar-refractivity contribution in [3.05, 3.63) is 75.7 Å². The summed E-state index contributed by atoms with van der Waals surface area (Å²) in [6.45, 7) is 3.87. The number of nitrogens with zero attached hydrogens (tertiary/aromatic N) is 2. The molecule has 0 aliphatic rings. The van der Waals surface area contributed by atoms with Gasteiger partial charge in [-0.2, -0.15) is 0 Å². The highest BCUT2D eigenvalue weighted by atomic mass is 16.5. The molecule has 1 heterocycles. The number of amides is 1. The number of carbonyl (C=O) groups excluding carboxylic acids is 1. The lowest BCUT2D eigenvalue weighted by Gasteiger charge is -2.16. The molecular formula is C24H28N4O4. The maximum Gasteiger partial charge on any atom is 0.255 e. The molecule has 0 saturated heterocycles. The Bertz CT molecular complexity index is 1160. The molecule has 2 N–H and O–H groups in total. The van der Waals surface area contributed by atoms with Crippen molar-refractivity contribution in [2.24, 2.45) is 0 Å². The van der Waals surface area contributed by atoms with Crippen LogP contribution in [0.25, 0.3) is 0 Å². The van der Waals surface area contributed by atoms with Crippen molar-refractivity contribution in [1.82, 2.24) is 14.9 Å². The molecule has 8 heteroatoms. The number of aryl methyl sites for hydroxylation is 2. The monoisotopic (exact) mass is 436 g/mol. The fraction of sp³-hybridized carbons (Fsp3) is 0.292. The normalized spacial score (nSPS) is 10.5. The number of anilines is 2. The molecule has 3 rings (SSSR count). The summed E-state index contributed by atoms with van der Waals surface area (Å²) in [6.07, 6.45) is 0.889. The molecule has 32 heavy (non-hydrogen) atoms. The number of para-hydroxylation sites is 1. The fourth-order valence-electron chi connectivity index (χ4n) is 3.35. The van der Waals surface area contributed by atoms with Crippen LogP contribution < -0.4 is 25.7 Å². The average molecular weight is 437 g/mol. The Morgan fingerprint density at radius 3 is 2.59 bits per heavy atom. The molecule has 0 aliphatic carbocycles. The Kier molecular flexibility index (Phi) is 7.49. The van der Waals surface area contributed by atoms with E-state index in [1.54, 1.807) is 27.2 Å². The van der Waals surface area contributed by atoms with Gasteiger partial charge in [-0.1, -0.05) is 31.2 Å². The summed E-state index contributed by atoms with van der Waals surface area (Å²) in [5.74, 6) is 1.13. The maximum absolute atomic E-state index is 12.7. The molecule has 1 amide bonds. The molecule has 3 aromatic rings. The summed E-state index contributed by atoms with van der Waals surface area (Å²) in [5.41, 5.74) is 2.99. The summed E-state index contributed by atoms with van der Waals surface area (Å²) in [6, 6.07) is 14.7. The van der Waals surface area contributed by atoms with E-state index in [1.165, 1.54) is 10.6 Å². The molecule has 168 valence electrons. The maximum atomic E-state index is 12.7. The first-order valence-corrected chi connectivity index (χ1v) is 10.4. The largest absolute Gasteiger partial charge is 0.493 e. The predicted octanol–water partition coefficient (Wildman–Crippen LogP) is 3.19. The van der Waals surface area contributed by atoms with Gasteiger partial charge < -0.3 is 20.1 Å². The number of hydrogen-bond donors (Lipinski definition) is 2. The van der Waals surface area contributed by atoms with Gasteiger partial charge in [-0.15, -0.1) is 0 Å². The standard InChI is InChI=1S/C24H28N4O4/c1-5-17-8-6-10-19(13-17)27-24-26-16(2)12-22(30)28(24)15-21(29)25-14-18-9-7-11-20(31-3)23(18)32-4/h6-13H,5,14-15H2,1-4H3,(H,25,29)(H,26,27). The zero-order valence-electron chi connectivity index (χ0n) is 18.8. The van der Waals surface area contributed by atoms with Crippen molar-refractivity contribution in [2.45, 2.75) is 33.4 Å². The Morgan fingerprint density at radius 2 is 1.88 bits per heavy atom. The molecule has 8 nitrogen and oxygen atoms in total. The molecule has 0 atom stereocenters. The van der Waals surface area contributed by atoms with Crippen LogP contribution >= 0.6 is 0 Å². The first-order valence-electron chi connectivity index (χ1n) is 10.4. The zero-order chi connectivity index (χ0) is 23.1. The first-order chi connectivity index (χ1) is 15.4. The van der Waals surface area contributed by atoms with Gasteiger partial charge in [-0.25, -0.2) is 4.98 Å². The number of carbonyl (C=O) groups is 1. The van der Waals surface area contributed by atoms with Gasteiger partial charge in [-0.3, -0.25) is 14.2 Å². The minimum atomic E-state index is -0.326. The molecule has 0 unspecified atom stereocenters. The summed E-state index contributed by atoms with van der Waals surface area (Å²) in [5, 5.41) is 6.01. The molecule has 0 radical (unpaired) electrons. The molecule has 0 aliphatic heterocycles. The van der Waals surface area contributed by atoms with Crippen molar-refractivity contribution in [1.29, 1.82) is 0 Å². The van der Waals surface area contributed by atoms with E-state index in [4.69, 9.17) is 9.47 Å². The van der Waals surface area contributed by atoms with Crippen LogP contribution in [0.1, 0.15) is 23.7 Å². The van der Waals surface area contributed by atoms with Gasteiger partial charge in [0.1, 0.15) is 6.54 Å². The molecule has 0 bridgehead atoms. The lowest BCUT2D eigenvalue weighted by atomic mass is 10.1. The second kappa shape index (κ2) is 10.5. The number of methoxy groups -OCH3 is 2. The van der Waals surface area contributed by atoms with Crippen molar-refractivity contribution in [3.63, 3.8) is 0 Å². The number of nitrogens with one attached hydrogen (secondary N) is 2. The second-order valence-electron chi connectivity index (χ2n) is 7.25. The Balaban J connectivity index is 1.78. The Hall–Kier alpha value is -3.81. The smallest absolute Gasteiger partial charge is 0.255 e. The van der Waals surface area contributed by atoms with Gasteiger partial charge in [0.05, 0.1) is 14.2 Å². The molecular weight excluding hydrogens is 408 g/mol. The summed E-state index contributed by atoms with van der Waals surface area (Å²) in [7, 11) is 3.11. The fourth-order valence-corrected chi connectivity index (χ4v) is 3.35. The lowest BCUT2D eigenvalue weighted by Crippen LogP contribution is -2.33. The van der Waals surface area contributed by atoms with Crippen molar-refractivity contribution >= 4 is 17.5 Å². The van der Waals surface area contributed by atoms with Crippen molar-refractivity contribution < 1.29 is 14.3 Å². The molecule has 0 spiro atoms. The van der Waals surface area contributed by atoms with E-state index in [0.29, 0.717) is 23.1 Å². The van der Waals surface area contributed by atoms with Crippen LogP contribution in [0, 0.1) is 6.92 Å². The van der Waals surface area contributed by atoms with Gasteiger partial charge in [0, 0.05) is 29.6 Å². The van der Waals surface area contributed by atoms with Crippen LogP contribution in [0.5, 0.6) is 11.5 Å². The van der Waals surface area contributed by atoms with E-state index in [2.05, 4.69) is 22.5 Å². The van der Waals surface area contributed by atoms with Gasteiger partial charge in [0.25, 0.3) is 5.56 Å². The second-order valence-corrected chi connectivity index (χ2v) is 7.25. The Morgan fingerprint density at radius 1 is 1.09 bits per heavy atom. The zero-order valence-corrected chi connectivity index (χ0v) is 18.8. The summed E-state index contributed by atoms with van der Waals surface area (Å²) < 4.78 is 12.0. The van der Waals surface area contributed by atoms with Gasteiger partial charge >= 0.3 is 0 Å². The van der Waals surface area contributed by atoms with E-state index in [1.807, 2.05) is 36.4 Å². The van der Waals surface area contributed by atoms with E-state index in [9.17, 15) is 9.59 Å². The highest BCUT2D eigenvalue weighted by Gasteiger charge is 2.14. The van der Waals surface area contributed by atoms with Crippen LogP contribution in [0.15, 0.2) is 53.3 Å². The number of ether oxygens (including phenoxy) is 2. The predicted molar refractivity (Wildman–Crippen MR) is 124 cm³/mol. The highest BCUT2D eigenvalue weighted by Crippen LogP contribution is 2.30. The van der Waals surface area contributed by atoms with Crippen molar-refractivity contribution in [3.8, 4) is 11.5 Å². The van der Waals surface area contributed by atoms with E-state index < -0.39 is 0 Å². The summed E-state index contributed by atoms with van der Waals surface area (Å²) in [4.78, 5) is 29.8.